The Morgan fingerprint density at radius 1 is 1.15 bits per heavy atom. The molecule has 0 radical (unpaired) electrons. The largest absolute Gasteiger partial charge is 0.445 e. The molecule has 2 unspecified atom stereocenters. The number of nitrogens with zero attached hydrogens (tertiary/aromatic N) is 1. The number of amides is 2. The van der Waals surface area contributed by atoms with E-state index in [0.717, 1.165) is 0 Å². The van der Waals surface area contributed by atoms with Crippen LogP contribution >= 0.6 is 0 Å². The third-order valence-corrected chi connectivity index (χ3v) is 9.70. The van der Waals surface area contributed by atoms with Crippen molar-refractivity contribution in [2.75, 3.05) is 13.2 Å². The summed E-state index contributed by atoms with van der Waals surface area (Å²) >= 11 is 0. The van der Waals surface area contributed by atoms with E-state index in [4.69, 9.17) is 19.6 Å². The number of carbonyl (C=O) groups excluding carboxylic acids is 2. The van der Waals surface area contributed by atoms with Gasteiger partial charge in [-0.3, -0.25) is 0 Å². The van der Waals surface area contributed by atoms with Gasteiger partial charge in [-0.1, -0.05) is 38.6 Å². The predicted octanol–water partition coefficient (Wildman–Crippen LogP) is 4.10. The highest BCUT2D eigenvalue weighted by Gasteiger charge is 2.42. The van der Waals surface area contributed by atoms with Crippen molar-refractivity contribution in [1.29, 1.82) is 0 Å². The Morgan fingerprint density at radius 3 is 2.24 bits per heavy atom. The molecule has 0 aromatic heterocycles. The van der Waals surface area contributed by atoms with Crippen LogP contribution in [0.25, 0.3) is 0 Å². The maximum absolute atomic E-state index is 12.3. The van der Waals surface area contributed by atoms with Crippen LogP contribution in [0.1, 0.15) is 60.8 Å². The minimum atomic E-state index is -2.33. The Kier molecular flexibility index (Phi) is 12.5. The van der Waals surface area contributed by atoms with Gasteiger partial charge < -0.3 is 35.5 Å². The standard InChI is InChI=1S/C22H44N4O6Si/c1-10-15-30-20(28)25-16(13-11-12-14-24-19(27)31-21(2,3)4)17(18(23)26-29)32-33(8,9)22(5,6)7/h10,16-17,29H,1,11-15H2,2-9H3,(H2,23,26)(H,24,27)(H,25,28). The van der Waals surface area contributed by atoms with E-state index < -0.39 is 38.3 Å². The lowest BCUT2D eigenvalue weighted by atomic mass is 10.0. The first kappa shape index (κ1) is 30.7. The molecule has 5 N–H and O–H groups in total. The number of hydrogen-bond donors (Lipinski definition) is 4. The molecule has 0 rings (SSSR count). The maximum Gasteiger partial charge on any atom is 0.407 e. The van der Waals surface area contributed by atoms with E-state index in [1.807, 2.05) is 13.1 Å². The number of unbranched alkanes of at least 4 members (excludes halogenated alkanes) is 1. The molecule has 0 fully saturated rings. The average molecular weight is 489 g/mol. The van der Waals surface area contributed by atoms with Crippen molar-refractivity contribution >= 4 is 26.3 Å². The zero-order valence-corrected chi connectivity index (χ0v) is 22.5. The fourth-order valence-electron chi connectivity index (χ4n) is 2.52. The molecule has 10 nitrogen and oxygen atoms in total. The van der Waals surface area contributed by atoms with Crippen molar-refractivity contribution in [1.82, 2.24) is 10.6 Å². The van der Waals surface area contributed by atoms with Gasteiger partial charge >= 0.3 is 12.2 Å². The first-order chi connectivity index (χ1) is 15.0. The quantitative estimate of drug-likeness (QED) is 0.0615. The van der Waals surface area contributed by atoms with Crippen molar-refractivity contribution in [3.8, 4) is 0 Å². The molecular weight excluding hydrogens is 444 g/mol. The van der Waals surface area contributed by atoms with Crippen LogP contribution in [-0.2, 0) is 13.9 Å². The third kappa shape index (κ3) is 12.5. The topological polar surface area (TPSA) is 144 Å². The molecule has 0 spiro atoms. The van der Waals surface area contributed by atoms with Crippen LogP contribution in [0.3, 0.4) is 0 Å². The number of carbonyl (C=O) groups is 2. The normalized spacial score (nSPS) is 14.7. The van der Waals surface area contributed by atoms with Crippen molar-refractivity contribution < 1.29 is 28.7 Å². The van der Waals surface area contributed by atoms with Crippen molar-refractivity contribution in [3.05, 3.63) is 12.7 Å². The summed E-state index contributed by atoms with van der Waals surface area (Å²) in [6, 6.07) is -0.603. The van der Waals surface area contributed by atoms with Crippen LogP contribution < -0.4 is 16.4 Å². The van der Waals surface area contributed by atoms with Crippen LogP contribution in [0.5, 0.6) is 0 Å². The molecule has 2 atom stereocenters. The first-order valence-electron chi connectivity index (χ1n) is 11.2. The Hall–Kier alpha value is -2.27. The van der Waals surface area contributed by atoms with Gasteiger partial charge in [-0.15, -0.1) is 0 Å². The predicted molar refractivity (Wildman–Crippen MR) is 132 cm³/mol. The zero-order chi connectivity index (χ0) is 25.9. The van der Waals surface area contributed by atoms with Crippen LogP contribution in [0.2, 0.25) is 18.1 Å². The zero-order valence-electron chi connectivity index (χ0n) is 21.5. The Labute approximate surface area is 199 Å². The monoisotopic (exact) mass is 488 g/mol. The van der Waals surface area contributed by atoms with E-state index in [0.29, 0.717) is 25.8 Å². The van der Waals surface area contributed by atoms with Crippen molar-refractivity contribution in [2.45, 2.75) is 96.7 Å². The summed E-state index contributed by atoms with van der Waals surface area (Å²) in [6.07, 6.45) is 1.19. The molecule has 2 amide bonds. The minimum Gasteiger partial charge on any atom is -0.445 e. The maximum atomic E-state index is 12.3. The lowest BCUT2D eigenvalue weighted by Crippen LogP contribution is -2.56. The number of ether oxygens (including phenoxy) is 2. The highest BCUT2D eigenvalue weighted by atomic mass is 28.4. The van der Waals surface area contributed by atoms with Gasteiger partial charge in [0, 0.05) is 6.54 Å². The molecule has 11 heteroatoms. The van der Waals surface area contributed by atoms with Gasteiger partial charge in [0.25, 0.3) is 0 Å². The Balaban J connectivity index is 5.32. The molecule has 0 aliphatic rings. The summed E-state index contributed by atoms with van der Waals surface area (Å²) in [7, 11) is -2.33. The second kappa shape index (κ2) is 13.4. The molecule has 0 aliphatic heterocycles. The summed E-state index contributed by atoms with van der Waals surface area (Å²) in [5.41, 5.74) is 5.42. The lowest BCUT2D eigenvalue weighted by molar-refractivity contribution is 0.0526. The molecular formula is C22H44N4O6Si. The molecule has 0 aromatic rings. The second-order valence-corrected chi connectivity index (χ2v) is 15.1. The van der Waals surface area contributed by atoms with E-state index >= 15 is 0 Å². The highest BCUT2D eigenvalue weighted by Crippen LogP contribution is 2.38. The fraction of sp³-hybridized carbons (Fsp3) is 0.773. The summed E-state index contributed by atoms with van der Waals surface area (Å²) < 4.78 is 16.7. The average Bonchev–Trinajstić information content (AvgIpc) is 2.66. The summed E-state index contributed by atoms with van der Waals surface area (Å²) in [6.45, 7) is 19.7. The van der Waals surface area contributed by atoms with Gasteiger partial charge in [0.2, 0.25) is 0 Å². The molecule has 0 saturated heterocycles. The summed E-state index contributed by atoms with van der Waals surface area (Å²) in [5, 5.41) is 17.9. The molecule has 0 aromatic carbocycles. The third-order valence-electron chi connectivity index (χ3n) is 5.25. The summed E-state index contributed by atoms with van der Waals surface area (Å²) in [5.74, 6) is -0.124. The number of rotatable bonds is 12. The van der Waals surface area contributed by atoms with Crippen molar-refractivity contribution in [3.63, 3.8) is 0 Å². The fourth-order valence-corrected chi connectivity index (χ4v) is 3.79. The number of amidine groups is 1. The molecule has 0 saturated carbocycles. The first-order valence-corrected chi connectivity index (χ1v) is 14.1. The number of nitrogens with two attached hydrogens (primary N) is 1. The van der Waals surface area contributed by atoms with Gasteiger partial charge in [0.05, 0.1) is 6.04 Å². The van der Waals surface area contributed by atoms with Crippen LogP contribution in [0.15, 0.2) is 17.8 Å². The van der Waals surface area contributed by atoms with E-state index in [1.54, 1.807) is 20.8 Å². The van der Waals surface area contributed by atoms with E-state index in [2.05, 4.69) is 43.1 Å². The summed E-state index contributed by atoms with van der Waals surface area (Å²) in [4.78, 5) is 24.1. The molecule has 192 valence electrons. The van der Waals surface area contributed by atoms with Crippen LogP contribution in [-0.4, -0.2) is 62.4 Å². The molecule has 0 bridgehead atoms. The van der Waals surface area contributed by atoms with Gasteiger partial charge in [-0.05, 0) is 58.2 Å². The Bertz CT molecular complexity index is 671. The Morgan fingerprint density at radius 2 is 1.76 bits per heavy atom. The van der Waals surface area contributed by atoms with Gasteiger partial charge in [0.15, 0.2) is 14.2 Å². The van der Waals surface area contributed by atoms with Crippen LogP contribution in [0, 0.1) is 0 Å². The number of nitrogens with one attached hydrogen (secondary N) is 2. The van der Waals surface area contributed by atoms with Gasteiger partial charge in [-0.25, -0.2) is 9.59 Å². The van der Waals surface area contributed by atoms with E-state index in [1.165, 1.54) is 6.08 Å². The number of alkyl carbamates (subject to hydrolysis) is 2. The SMILES string of the molecule is C=CCOC(=O)NC(CCCCNC(=O)OC(C)(C)C)C(O[Si](C)(C)C(C)(C)C)C(N)=NO. The van der Waals surface area contributed by atoms with Gasteiger partial charge in [0.1, 0.15) is 18.3 Å². The second-order valence-electron chi connectivity index (χ2n) is 10.4. The minimum absolute atomic E-state index is 0.0513. The highest BCUT2D eigenvalue weighted by molar-refractivity contribution is 6.74. The van der Waals surface area contributed by atoms with Gasteiger partial charge in [-0.2, -0.15) is 0 Å². The van der Waals surface area contributed by atoms with Crippen molar-refractivity contribution in [2.24, 2.45) is 10.9 Å². The smallest absolute Gasteiger partial charge is 0.407 e. The molecule has 0 aliphatic carbocycles. The number of hydrogen-bond acceptors (Lipinski definition) is 7. The lowest BCUT2D eigenvalue weighted by Gasteiger charge is -2.41. The molecule has 33 heavy (non-hydrogen) atoms. The molecule has 0 heterocycles. The van der Waals surface area contributed by atoms with E-state index in [9.17, 15) is 14.8 Å². The van der Waals surface area contributed by atoms with E-state index in [-0.39, 0.29) is 17.5 Å². The number of oxime groups is 1. The van der Waals surface area contributed by atoms with Crippen LogP contribution in [0.4, 0.5) is 9.59 Å².